The van der Waals surface area contributed by atoms with E-state index < -0.39 is 0 Å². The zero-order chi connectivity index (χ0) is 13.7. The van der Waals surface area contributed by atoms with Crippen molar-refractivity contribution in [1.29, 1.82) is 0 Å². The van der Waals surface area contributed by atoms with Crippen molar-refractivity contribution in [2.45, 2.75) is 19.9 Å². The normalized spacial score (nSPS) is 12.6. The van der Waals surface area contributed by atoms with Gasteiger partial charge in [0.05, 0.1) is 24.0 Å². The summed E-state index contributed by atoms with van der Waals surface area (Å²) in [5, 5.41) is 4.26. The lowest BCUT2D eigenvalue weighted by Gasteiger charge is -2.26. The van der Waals surface area contributed by atoms with Crippen molar-refractivity contribution in [3.63, 3.8) is 0 Å². The Morgan fingerprint density at radius 2 is 2.00 bits per heavy atom. The maximum atomic E-state index is 6.07. The predicted octanol–water partition coefficient (Wildman–Crippen LogP) is 3.49. The van der Waals surface area contributed by atoms with Crippen LogP contribution >= 0.6 is 11.6 Å². The van der Waals surface area contributed by atoms with Crippen LogP contribution < -0.4 is 10.2 Å². The Balaban J connectivity index is 2.96. The standard InChI is InChI=1S/C14H23ClN2O/c1-10(2)13(9-18-5)16-12-8-11(15)6-7-14(12)17(3)4/h6-8,10,13,16H,9H2,1-5H3. The van der Waals surface area contributed by atoms with Crippen molar-refractivity contribution in [3.05, 3.63) is 23.2 Å². The second-order valence-electron chi connectivity index (χ2n) is 5.01. The summed E-state index contributed by atoms with van der Waals surface area (Å²) in [4.78, 5) is 2.07. The molecule has 0 fully saturated rings. The lowest BCUT2D eigenvalue weighted by atomic mass is 10.0. The summed E-state index contributed by atoms with van der Waals surface area (Å²) in [5.41, 5.74) is 2.17. The van der Waals surface area contributed by atoms with Gasteiger partial charge in [0.15, 0.2) is 0 Å². The van der Waals surface area contributed by atoms with Crippen LogP contribution in [-0.2, 0) is 4.74 Å². The molecular weight excluding hydrogens is 248 g/mol. The molecule has 0 spiro atoms. The summed E-state index contributed by atoms with van der Waals surface area (Å²) < 4.78 is 5.26. The number of nitrogens with zero attached hydrogens (tertiary/aromatic N) is 1. The van der Waals surface area contributed by atoms with Crippen LogP contribution in [0.5, 0.6) is 0 Å². The number of benzene rings is 1. The van der Waals surface area contributed by atoms with Gasteiger partial charge < -0.3 is 15.0 Å². The summed E-state index contributed by atoms with van der Waals surface area (Å²) in [6.45, 7) is 5.03. The van der Waals surface area contributed by atoms with Crippen LogP contribution in [-0.4, -0.2) is 33.9 Å². The van der Waals surface area contributed by atoms with Gasteiger partial charge >= 0.3 is 0 Å². The van der Waals surface area contributed by atoms with E-state index in [4.69, 9.17) is 16.3 Å². The quantitative estimate of drug-likeness (QED) is 0.856. The molecule has 0 amide bonds. The van der Waals surface area contributed by atoms with E-state index in [1.807, 2.05) is 32.3 Å². The first kappa shape index (κ1) is 15.1. The third kappa shape index (κ3) is 4.07. The highest BCUT2D eigenvalue weighted by molar-refractivity contribution is 6.31. The minimum atomic E-state index is 0.271. The lowest BCUT2D eigenvalue weighted by molar-refractivity contribution is 0.171. The Kier molecular flexibility index (Phi) is 5.76. The van der Waals surface area contributed by atoms with Crippen molar-refractivity contribution in [2.24, 2.45) is 5.92 Å². The fraction of sp³-hybridized carbons (Fsp3) is 0.571. The topological polar surface area (TPSA) is 24.5 Å². The summed E-state index contributed by atoms with van der Waals surface area (Å²) in [6, 6.07) is 6.16. The van der Waals surface area contributed by atoms with Crippen LogP contribution in [0.3, 0.4) is 0 Å². The van der Waals surface area contributed by atoms with Crippen molar-refractivity contribution in [3.8, 4) is 0 Å². The van der Waals surface area contributed by atoms with Gasteiger partial charge in [-0.3, -0.25) is 0 Å². The Hall–Kier alpha value is -0.930. The number of methoxy groups -OCH3 is 1. The molecule has 0 heterocycles. The van der Waals surface area contributed by atoms with E-state index in [1.54, 1.807) is 7.11 Å². The van der Waals surface area contributed by atoms with Gasteiger partial charge in [-0.1, -0.05) is 25.4 Å². The maximum absolute atomic E-state index is 6.07. The third-order valence-electron chi connectivity index (χ3n) is 2.93. The van der Waals surface area contributed by atoms with Gasteiger partial charge in [0, 0.05) is 26.2 Å². The largest absolute Gasteiger partial charge is 0.383 e. The van der Waals surface area contributed by atoms with Crippen molar-refractivity contribution in [2.75, 3.05) is 38.0 Å². The Labute approximate surface area is 115 Å². The SMILES string of the molecule is COCC(Nc1cc(Cl)ccc1N(C)C)C(C)C. The van der Waals surface area contributed by atoms with E-state index >= 15 is 0 Å². The average Bonchev–Trinajstić information content (AvgIpc) is 2.28. The number of hydrogen-bond acceptors (Lipinski definition) is 3. The van der Waals surface area contributed by atoms with Crippen LogP contribution in [0.2, 0.25) is 5.02 Å². The molecule has 1 N–H and O–H groups in total. The minimum Gasteiger partial charge on any atom is -0.383 e. The van der Waals surface area contributed by atoms with E-state index in [1.165, 1.54) is 0 Å². The van der Waals surface area contributed by atoms with Crippen LogP contribution in [0, 0.1) is 5.92 Å². The highest BCUT2D eigenvalue weighted by atomic mass is 35.5. The molecule has 0 bridgehead atoms. The van der Waals surface area contributed by atoms with Gasteiger partial charge in [0.2, 0.25) is 0 Å². The monoisotopic (exact) mass is 270 g/mol. The van der Waals surface area contributed by atoms with Gasteiger partial charge in [0.25, 0.3) is 0 Å². The zero-order valence-corrected chi connectivity index (χ0v) is 12.6. The molecule has 0 radical (unpaired) electrons. The van der Waals surface area contributed by atoms with E-state index in [0.717, 1.165) is 16.4 Å². The Morgan fingerprint density at radius 3 is 2.50 bits per heavy atom. The molecule has 1 atom stereocenters. The average molecular weight is 271 g/mol. The van der Waals surface area contributed by atoms with Crippen molar-refractivity contribution in [1.82, 2.24) is 0 Å². The van der Waals surface area contributed by atoms with Crippen molar-refractivity contribution >= 4 is 23.0 Å². The number of nitrogens with one attached hydrogen (secondary N) is 1. The second kappa shape index (κ2) is 6.86. The number of halogens is 1. The Bertz CT molecular complexity index is 380. The molecule has 102 valence electrons. The molecule has 0 aliphatic rings. The second-order valence-corrected chi connectivity index (χ2v) is 5.44. The summed E-state index contributed by atoms with van der Waals surface area (Å²) in [6.07, 6.45) is 0. The number of hydrogen-bond donors (Lipinski definition) is 1. The van der Waals surface area contributed by atoms with E-state index in [2.05, 4.69) is 24.1 Å². The van der Waals surface area contributed by atoms with E-state index in [-0.39, 0.29) is 6.04 Å². The van der Waals surface area contributed by atoms with Gasteiger partial charge in [-0.15, -0.1) is 0 Å². The zero-order valence-electron chi connectivity index (χ0n) is 11.8. The Morgan fingerprint density at radius 1 is 1.33 bits per heavy atom. The molecular formula is C14H23ClN2O. The van der Waals surface area contributed by atoms with E-state index in [0.29, 0.717) is 12.5 Å². The van der Waals surface area contributed by atoms with Crippen LogP contribution in [0.1, 0.15) is 13.8 Å². The van der Waals surface area contributed by atoms with Gasteiger partial charge in [0.1, 0.15) is 0 Å². The number of anilines is 2. The fourth-order valence-electron chi connectivity index (χ4n) is 1.79. The highest BCUT2D eigenvalue weighted by Crippen LogP contribution is 2.29. The molecule has 0 saturated heterocycles. The van der Waals surface area contributed by atoms with Gasteiger partial charge in [-0.25, -0.2) is 0 Å². The molecule has 1 unspecified atom stereocenters. The predicted molar refractivity (Wildman–Crippen MR) is 79.9 cm³/mol. The number of ether oxygens (including phenoxy) is 1. The molecule has 1 aromatic rings. The third-order valence-corrected chi connectivity index (χ3v) is 3.17. The summed E-state index contributed by atoms with van der Waals surface area (Å²) in [7, 11) is 5.77. The van der Waals surface area contributed by atoms with Crippen LogP contribution in [0.25, 0.3) is 0 Å². The van der Waals surface area contributed by atoms with Crippen LogP contribution in [0.15, 0.2) is 18.2 Å². The molecule has 0 aliphatic heterocycles. The molecule has 1 rings (SSSR count). The molecule has 18 heavy (non-hydrogen) atoms. The first-order chi connectivity index (χ1) is 8.45. The summed E-state index contributed by atoms with van der Waals surface area (Å²) >= 11 is 6.07. The molecule has 4 heteroatoms. The summed E-state index contributed by atoms with van der Waals surface area (Å²) in [5.74, 6) is 0.485. The lowest BCUT2D eigenvalue weighted by Crippen LogP contribution is -2.31. The molecule has 0 aromatic heterocycles. The van der Waals surface area contributed by atoms with E-state index in [9.17, 15) is 0 Å². The molecule has 0 aliphatic carbocycles. The molecule has 0 saturated carbocycles. The number of rotatable bonds is 6. The molecule has 3 nitrogen and oxygen atoms in total. The van der Waals surface area contributed by atoms with Crippen molar-refractivity contribution < 1.29 is 4.74 Å². The smallest absolute Gasteiger partial charge is 0.0666 e. The van der Waals surface area contributed by atoms with Crippen LogP contribution in [0.4, 0.5) is 11.4 Å². The first-order valence-corrected chi connectivity index (χ1v) is 6.55. The van der Waals surface area contributed by atoms with Gasteiger partial charge in [-0.05, 0) is 24.1 Å². The molecule has 1 aromatic carbocycles. The fourth-order valence-corrected chi connectivity index (χ4v) is 1.97. The highest BCUT2D eigenvalue weighted by Gasteiger charge is 2.15. The minimum absolute atomic E-state index is 0.271. The first-order valence-electron chi connectivity index (χ1n) is 6.18. The van der Waals surface area contributed by atoms with Gasteiger partial charge in [-0.2, -0.15) is 0 Å². The maximum Gasteiger partial charge on any atom is 0.0666 e.